The van der Waals surface area contributed by atoms with Crippen molar-refractivity contribution in [3.8, 4) is 23.0 Å². The monoisotopic (exact) mass is 396 g/mol. The van der Waals surface area contributed by atoms with Gasteiger partial charge in [-0.25, -0.2) is 4.98 Å². The van der Waals surface area contributed by atoms with Crippen molar-refractivity contribution in [2.24, 2.45) is 0 Å². The molecule has 1 aromatic carbocycles. The van der Waals surface area contributed by atoms with Crippen LogP contribution in [-0.2, 0) is 4.79 Å². The molecule has 1 aliphatic heterocycles. The molecule has 1 aliphatic rings. The molecule has 1 amide bonds. The van der Waals surface area contributed by atoms with E-state index in [9.17, 15) is 4.79 Å². The first-order valence-electron chi connectivity index (χ1n) is 8.73. The summed E-state index contributed by atoms with van der Waals surface area (Å²) in [4.78, 5) is 28.5. The average molecular weight is 397 g/mol. The molecular weight excluding hydrogens is 380 g/mol. The number of ether oxygens (including phenoxy) is 1. The molecule has 0 bridgehead atoms. The van der Waals surface area contributed by atoms with Gasteiger partial charge in [-0.2, -0.15) is 15.0 Å². The van der Waals surface area contributed by atoms with Crippen molar-refractivity contribution in [2.75, 3.05) is 11.9 Å². The van der Waals surface area contributed by atoms with Crippen LogP contribution in [0, 0.1) is 6.92 Å². The second-order valence-electron chi connectivity index (χ2n) is 6.33. The molecule has 0 aliphatic carbocycles. The van der Waals surface area contributed by atoms with Gasteiger partial charge in [0.25, 0.3) is 0 Å². The second-order valence-corrected chi connectivity index (χ2v) is 6.67. The Morgan fingerprint density at radius 1 is 1.14 bits per heavy atom. The lowest BCUT2D eigenvalue weighted by Gasteiger charge is -2.11. The number of anilines is 1. The number of aryl methyl sites for hydroxylation is 1. The fourth-order valence-electron chi connectivity index (χ4n) is 2.74. The minimum absolute atomic E-state index is 0.0510. The van der Waals surface area contributed by atoms with Gasteiger partial charge in [0.2, 0.25) is 23.0 Å². The van der Waals surface area contributed by atoms with Crippen LogP contribution in [0.3, 0.4) is 0 Å². The van der Waals surface area contributed by atoms with E-state index in [1.165, 1.54) is 0 Å². The predicted octanol–water partition coefficient (Wildman–Crippen LogP) is 2.99. The summed E-state index contributed by atoms with van der Waals surface area (Å²) < 4.78 is 5.73. The van der Waals surface area contributed by atoms with Crippen molar-refractivity contribution in [1.29, 1.82) is 0 Å². The zero-order chi connectivity index (χ0) is 19.5. The number of nitrogens with one attached hydrogen (secondary N) is 2. The average Bonchev–Trinajstić information content (AvgIpc) is 3.08. The summed E-state index contributed by atoms with van der Waals surface area (Å²) in [5, 5.41) is 5.80. The van der Waals surface area contributed by atoms with Crippen molar-refractivity contribution in [2.45, 2.75) is 19.4 Å². The molecular formula is C19H17ClN6O2. The number of hydrogen-bond donors (Lipinski definition) is 2. The number of amides is 1. The molecule has 9 heteroatoms. The second kappa shape index (κ2) is 7.77. The Balaban J connectivity index is 1.51. The van der Waals surface area contributed by atoms with E-state index in [-0.39, 0.29) is 23.2 Å². The van der Waals surface area contributed by atoms with Gasteiger partial charge in [0.1, 0.15) is 11.8 Å². The fraction of sp³-hybridized carbons (Fsp3) is 0.211. The lowest BCUT2D eigenvalue weighted by molar-refractivity contribution is -0.119. The molecule has 1 atom stereocenters. The van der Waals surface area contributed by atoms with Gasteiger partial charge in [-0.3, -0.25) is 4.79 Å². The van der Waals surface area contributed by atoms with E-state index in [2.05, 4.69) is 30.6 Å². The first-order chi connectivity index (χ1) is 13.6. The maximum Gasteiger partial charge on any atom is 0.242 e. The van der Waals surface area contributed by atoms with Crippen LogP contribution in [0.2, 0.25) is 5.28 Å². The Bertz CT molecular complexity index is 994. The number of carbonyl (C=O) groups is 1. The molecule has 4 rings (SSSR count). The molecule has 142 valence electrons. The van der Waals surface area contributed by atoms with E-state index < -0.39 is 0 Å². The standard InChI is InChI=1S/C19H17ClN6O2/c1-11-2-7-15(22-10-11)28-13-5-3-12(4-6-13)16-24-18(20)26-19(25-16)23-14-8-9-21-17(14)27/h2-7,10,14H,8-9H2,1H3,(H,21,27)(H,23,24,25,26)/t14-/m0/s1. The topological polar surface area (TPSA) is 102 Å². The van der Waals surface area contributed by atoms with Crippen molar-refractivity contribution in [3.05, 3.63) is 53.4 Å². The van der Waals surface area contributed by atoms with E-state index in [1.807, 2.05) is 31.2 Å². The van der Waals surface area contributed by atoms with Crippen molar-refractivity contribution in [3.63, 3.8) is 0 Å². The lowest BCUT2D eigenvalue weighted by atomic mass is 10.2. The maximum absolute atomic E-state index is 11.7. The molecule has 2 N–H and O–H groups in total. The number of benzene rings is 1. The number of aromatic nitrogens is 4. The number of carbonyl (C=O) groups excluding carboxylic acids is 1. The molecule has 8 nitrogen and oxygen atoms in total. The molecule has 2 aromatic heterocycles. The Morgan fingerprint density at radius 2 is 1.96 bits per heavy atom. The zero-order valence-corrected chi connectivity index (χ0v) is 15.8. The Hall–Kier alpha value is -3.26. The minimum Gasteiger partial charge on any atom is -0.439 e. The van der Waals surface area contributed by atoms with Crippen molar-refractivity contribution in [1.82, 2.24) is 25.3 Å². The van der Waals surface area contributed by atoms with E-state index in [4.69, 9.17) is 16.3 Å². The lowest BCUT2D eigenvalue weighted by Crippen LogP contribution is -2.30. The first kappa shape index (κ1) is 18.1. The molecule has 0 saturated carbocycles. The van der Waals surface area contributed by atoms with Crippen LogP contribution in [0.5, 0.6) is 11.6 Å². The SMILES string of the molecule is Cc1ccc(Oc2ccc(-c3nc(Cl)nc(N[C@H]4CCNC4=O)n3)cc2)nc1. The summed E-state index contributed by atoms with van der Waals surface area (Å²) in [6.45, 7) is 2.59. The highest BCUT2D eigenvalue weighted by molar-refractivity contribution is 6.28. The van der Waals surface area contributed by atoms with Crippen LogP contribution >= 0.6 is 11.6 Å². The van der Waals surface area contributed by atoms with Gasteiger partial charge >= 0.3 is 0 Å². The van der Waals surface area contributed by atoms with Gasteiger partial charge in [-0.1, -0.05) is 6.07 Å². The summed E-state index contributed by atoms with van der Waals surface area (Å²) in [6.07, 6.45) is 2.41. The molecule has 0 spiro atoms. The summed E-state index contributed by atoms with van der Waals surface area (Å²) in [5.74, 6) is 1.75. The van der Waals surface area contributed by atoms with Crippen LogP contribution in [0.25, 0.3) is 11.4 Å². The molecule has 3 aromatic rings. The predicted molar refractivity (Wildman–Crippen MR) is 104 cm³/mol. The van der Waals surface area contributed by atoms with E-state index in [0.29, 0.717) is 30.4 Å². The Labute approximate surface area is 166 Å². The van der Waals surface area contributed by atoms with Crippen LogP contribution in [0.15, 0.2) is 42.6 Å². The zero-order valence-electron chi connectivity index (χ0n) is 15.0. The normalized spacial score (nSPS) is 15.9. The third kappa shape index (κ3) is 4.17. The number of hydrogen-bond acceptors (Lipinski definition) is 7. The summed E-state index contributed by atoms with van der Waals surface area (Å²) >= 11 is 6.04. The smallest absolute Gasteiger partial charge is 0.242 e. The summed E-state index contributed by atoms with van der Waals surface area (Å²) in [7, 11) is 0. The van der Waals surface area contributed by atoms with Crippen LogP contribution in [0.4, 0.5) is 5.95 Å². The van der Waals surface area contributed by atoms with Crippen LogP contribution in [0.1, 0.15) is 12.0 Å². The molecule has 28 heavy (non-hydrogen) atoms. The van der Waals surface area contributed by atoms with Gasteiger partial charge in [-0.15, -0.1) is 0 Å². The van der Waals surface area contributed by atoms with E-state index in [1.54, 1.807) is 18.3 Å². The summed E-state index contributed by atoms with van der Waals surface area (Å²) in [5.41, 5.74) is 1.81. The maximum atomic E-state index is 11.7. The number of halogens is 1. The van der Waals surface area contributed by atoms with E-state index >= 15 is 0 Å². The molecule has 0 unspecified atom stereocenters. The van der Waals surface area contributed by atoms with E-state index in [0.717, 1.165) is 11.1 Å². The first-order valence-corrected chi connectivity index (χ1v) is 9.11. The Morgan fingerprint density at radius 3 is 2.64 bits per heavy atom. The highest BCUT2D eigenvalue weighted by atomic mass is 35.5. The highest BCUT2D eigenvalue weighted by Gasteiger charge is 2.25. The largest absolute Gasteiger partial charge is 0.439 e. The Kier molecular flexibility index (Phi) is 5.03. The third-order valence-electron chi connectivity index (χ3n) is 4.18. The van der Waals surface area contributed by atoms with Gasteiger partial charge in [0.15, 0.2) is 5.82 Å². The fourth-order valence-corrected chi connectivity index (χ4v) is 2.90. The van der Waals surface area contributed by atoms with Gasteiger partial charge in [-0.05, 0) is 54.8 Å². The van der Waals surface area contributed by atoms with Crippen LogP contribution < -0.4 is 15.4 Å². The number of rotatable bonds is 5. The third-order valence-corrected chi connectivity index (χ3v) is 4.35. The van der Waals surface area contributed by atoms with Crippen molar-refractivity contribution >= 4 is 23.5 Å². The number of pyridine rings is 1. The molecule has 0 radical (unpaired) electrons. The minimum atomic E-state index is -0.371. The molecule has 3 heterocycles. The highest BCUT2D eigenvalue weighted by Crippen LogP contribution is 2.24. The van der Waals surface area contributed by atoms with Crippen molar-refractivity contribution < 1.29 is 9.53 Å². The van der Waals surface area contributed by atoms with Gasteiger partial charge < -0.3 is 15.4 Å². The molecule has 1 saturated heterocycles. The van der Waals surface area contributed by atoms with Crippen LogP contribution in [-0.4, -0.2) is 38.4 Å². The van der Waals surface area contributed by atoms with Gasteiger partial charge in [0.05, 0.1) is 0 Å². The van der Waals surface area contributed by atoms with Gasteiger partial charge in [0, 0.05) is 24.4 Å². The quantitative estimate of drug-likeness (QED) is 0.683. The number of nitrogens with zero attached hydrogens (tertiary/aromatic N) is 4. The summed E-state index contributed by atoms with van der Waals surface area (Å²) in [6, 6.07) is 10.6. The molecule has 1 fully saturated rings.